The van der Waals surface area contributed by atoms with Crippen molar-refractivity contribution in [2.24, 2.45) is 5.92 Å². The van der Waals surface area contributed by atoms with E-state index in [1.54, 1.807) is 0 Å². The third-order valence-corrected chi connectivity index (χ3v) is 3.42. The lowest BCUT2D eigenvalue weighted by Gasteiger charge is -2.43. The minimum Gasteiger partial charge on any atom is -0.550 e. The fourth-order valence-electron chi connectivity index (χ4n) is 2.73. The summed E-state index contributed by atoms with van der Waals surface area (Å²) in [7, 11) is 5.60. The number of aliphatic carboxylic acids is 1. The zero-order valence-corrected chi connectivity index (χ0v) is 10.9. The SMILES string of the molecule is CC(=O)[C@@](O)(CC(=O)[O-])C(C1CC1)[N+](C)(C)C. The van der Waals surface area contributed by atoms with Crippen molar-refractivity contribution in [2.45, 2.75) is 37.8 Å². The first-order valence-corrected chi connectivity index (χ1v) is 5.83. The van der Waals surface area contributed by atoms with Crippen molar-refractivity contribution >= 4 is 11.8 Å². The van der Waals surface area contributed by atoms with Crippen molar-refractivity contribution in [3.8, 4) is 0 Å². The van der Waals surface area contributed by atoms with Gasteiger partial charge in [0, 0.05) is 18.3 Å². The standard InChI is InChI=1S/C12H21NO4/c1-8(14)12(17,7-10(15)16)11(9-5-6-9)13(2,3)4/h9,11,17H,5-7H2,1-4H3/t11?,12-/m0/s1. The molecule has 0 bridgehead atoms. The molecule has 0 aromatic rings. The Morgan fingerprint density at radius 1 is 1.41 bits per heavy atom. The van der Waals surface area contributed by atoms with Gasteiger partial charge in [0.15, 0.2) is 11.4 Å². The normalized spacial score (nSPS) is 21.7. The Morgan fingerprint density at radius 3 is 2.12 bits per heavy atom. The van der Waals surface area contributed by atoms with Crippen molar-refractivity contribution in [1.29, 1.82) is 0 Å². The van der Waals surface area contributed by atoms with E-state index in [4.69, 9.17) is 0 Å². The van der Waals surface area contributed by atoms with E-state index in [0.717, 1.165) is 12.8 Å². The molecule has 17 heavy (non-hydrogen) atoms. The Labute approximate surface area is 102 Å². The third kappa shape index (κ3) is 3.04. The third-order valence-electron chi connectivity index (χ3n) is 3.42. The quantitative estimate of drug-likeness (QED) is 0.603. The highest BCUT2D eigenvalue weighted by atomic mass is 16.4. The van der Waals surface area contributed by atoms with Crippen molar-refractivity contribution in [3.63, 3.8) is 0 Å². The number of hydrogen-bond donors (Lipinski definition) is 1. The zero-order valence-electron chi connectivity index (χ0n) is 10.9. The molecule has 1 rings (SSSR count). The maximum atomic E-state index is 11.7. The van der Waals surface area contributed by atoms with Gasteiger partial charge in [-0.05, 0) is 19.8 Å². The number of hydrogen-bond acceptors (Lipinski definition) is 4. The molecule has 5 nitrogen and oxygen atoms in total. The number of aliphatic hydroxyl groups is 1. The summed E-state index contributed by atoms with van der Waals surface area (Å²) in [6.45, 7) is 1.24. The van der Waals surface area contributed by atoms with Gasteiger partial charge in [-0.25, -0.2) is 0 Å². The van der Waals surface area contributed by atoms with Gasteiger partial charge in [0.25, 0.3) is 0 Å². The summed E-state index contributed by atoms with van der Waals surface area (Å²) in [4.78, 5) is 22.4. The predicted molar refractivity (Wildman–Crippen MR) is 59.8 cm³/mol. The van der Waals surface area contributed by atoms with Gasteiger partial charge in [-0.1, -0.05) is 0 Å². The molecular formula is C12H21NO4. The highest BCUT2D eigenvalue weighted by Gasteiger charge is 2.55. The second kappa shape index (κ2) is 4.38. The molecule has 0 radical (unpaired) electrons. The number of carbonyl (C=O) groups is 2. The van der Waals surface area contributed by atoms with E-state index in [0.29, 0.717) is 4.48 Å². The number of ketones is 1. The molecule has 1 saturated carbocycles. The van der Waals surface area contributed by atoms with Gasteiger partial charge < -0.3 is 19.5 Å². The van der Waals surface area contributed by atoms with Crippen LogP contribution in [0.4, 0.5) is 0 Å². The van der Waals surface area contributed by atoms with E-state index >= 15 is 0 Å². The van der Waals surface area contributed by atoms with Gasteiger partial charge in [0.05, 0.1) is 21.1 Å². The van der Waals surface area contributed by atoms with Gasteiger partial charge in [-0.3, -0.25) is 4.79 Å². The fraction of sp³-hybridized carbons (Fsp3) is 0.833. The molecule has 5 heteroatoms. The summed E-state index contributed by atoms with van der Waals surface area (Å²) in [5.74, 6) is -1.67. The van der Waals surface area contributed by atoms with Crippen LogP contribution in [0.1, 0.15) is 26.2 Å². The topological polar surface area (TPSA) is 77.4 Å². The fourth-order valence-corrected chi connectivity index (χ4v) is 2.73. The minimum atomic E-state index is -1.82. The zero-order chi connectivity index (χ0) is 13.4. The Bertz CT molecular complexity index is 330. The minimum absolute atomic E-state index is 0.211. The van der Waals surface area contributed by atoms with Gasteiger partial charge in [-0.2, -0.15) is 0 Å². The second-order valence-corrected chi connectivity index (χ2v) is 5.93. The second-order valence-electron chi connectivity index (χ2n) is 5.93. The summed E-state index contributed by atoms with van der Waals surface area (Å²) >= 11 is 0. The Kier molecular flexibility index (Phi) is 3.64. The molecule has 1 aliphatic rings. The number of Topliss-reactive ketones (excluding diaryl/α,β-unsaturated/α-hetero) is 1. The monoisotopic (exact) mass is 243 g/mol. The van der Waals surface area contributed by atoms with E-state index < -0.39 is 29.8 Å². The molecule has 0 aromatic carbocycles. The summed E-state index contributed by atoms with van der Waals surface area (Å²) in [6, 6.07) is -0.391. The van der Waals surface area contributed by atoms with Gasteiger partial charge >= 0.3 is 0 Å². The first-order valence-electron chi connectivity index (χ1n) is 5.83. The van der Waals surface area contributed by atoms with Crippen LogP contribution in [0.25, 0.3) is 0 Å². The lowest BCUT2D eigenvalue weighted by Crippen LogP contribution is -2.64. The summed E-state index contributed by atoms with van der Waals surface area (Å²) in [5.41, 5.74) is -1.82. The van der Waals surface area contributed by atoms with Crippen LogP contribution >= 0.6 is 0 Å². The number of nitrogens with zero attached hydrogens (tertiary/aromatic N) is 1. The molecule has 0 aromatic heterocycles. The van der Waals surface area contributed by atoms with E-state index in [-0.39, 0.29) is 5.92 Å². The van der Waals surface area contributed by atoms with Crippen LogP contribution in [0, 0.1) is 5.92 Å². The van der Waals surface area contributed by atoms with Gasteiger partial charge in [0.2, 0.25) is 0 Å². The van der Waals surface area contributed by atoms with E-state index in [9.17, 15) is 19.8 Å². The summed E-state index contributed by atoms with van der Waals surface area (Å²) < 4.78 is 0.369. The van der Waals surface area contributed by atoms with E-state index in [1.165, 1.54) is 6.92 Å². The molecule has 0 spiro atoms. The molecule has 98 valence electrons. The van der Waals surface area contributed by atoms with Crippen molar-refractivity contribution < 1.29 is 24.3 Å². The number of carboxylic acid groups (broad SMARTS) is 1. The molecule has 0 saturated heterocycles. The van der Waals surface area contributed by atoms with Crippen LogP contribution in [-0.2, 0) is 9.59 Å². The van der Waals surface area contributed by atoms with Crippen molar-refractivity contribution in [1.82, 2.24) is 0 Å². The molecule has 1 unspecified atom stereocenters. The van der Waals surface area contributed by atoms with Gasteiger partial charge in [-0.15, -0.1) is 0 Å². The van der Waals surface area contributed by atoms with Crippen LogP contribution in [0.15, 0.2) is 0 Å². The largest absolute Gasteiger partial charge is 0.550 e. The lowest BCUT2D eigenvalue weighted by molar-refractivity contribution is -0.904. The highest BCUT2D eigenvalue weighted by molar-refractivity contribution is 5.89. The maximum Gasteiger partial charge on any atom is 0.179 e. The van der Waals surface area contributed by atoms with Crippen molar-refractivity contribution in [2.75, 3.05) is 21.1 Å². The Morgan fingerprint density at radius 2 is 1.88 bits per heavy atom. The average Bonchev–Trinajstić information content (AvgIpc) is 2.83. The molecule has 1 N–H and O–H groups in total. The highest BCUT2D eigenvalue weighted by Crippen LogP contribution is 2.42. The van der Waals surface area contributed by atoms with Crippen molar-refractivity contribution in [3.05, 3.63) is 0 Å². The molecule has 0 aliphatic heterocycles. The Hall–Kier alpha value is -0.940. The van der Waals surface area contributed by atoms with Crippen LogP contribution in [0.3, 0.4) is 0 Å². The maximum absolute atomic E-state index is 11.7. The summed E-state index contributed by atoms with van der Waals surface area (Å²) in [6.07, 6.45) is 1.24. The molecule has 0 heterocycles. The molecule has 1 fully saturated rings. The van der Waals surface area contributed by atoms with Crippen LogP contribution < -0.4 is 5.11 Å². The smallest absolute Gasteiger partial charge is 0.179 e. The number of likely N-dealkylation sites (N-methyl/N-ethyl adjacent to an activating group) is 1. The van der Waals surface area contributed by atoms with Crippen LogP contribution in [0.5, 0.6) is 0 Å². The van der Waals surface area contributed by atoms with Gasteiger partial charge in [0.1, 0.15) is 6.04 Å². The van der Waals surface area contributed by atoms with E-state index in [2.05, 4.69) is 0 Å². The number of quaternary nitrogens is 1. The molecule has 2 atom stereocenters. The number of carboxylic acids is 1. The van der Waals surface area contributed by atoms with E-state index in [1.807, 2.05) is 21.1 Å². The predicted octanol–water partition coefficient (Wildman–Crippen LogP) is -1.07. The lowest BCUT2D eigenvalue weighted by atomic mass is 9.82. The summed E-state index contributed by atoms with van der Waals surface area (Å²) in [5, 5.41) is 21.2. The molecule has 1 aliphatic carbocycles. The average molecular weight is 243 g/mol. The first kappa shape index (κ1) is 14.1. The van der Waals surface area contributed by atoms with Crippen LogP contribution in [0.2, 0.25) is 0 Å². The molecule has 0 amide bonds. The number of rotatable bonds is 6. The first-order chi connectivity index (χ1) is 7.59. The number of carbonyl (C=O) groups excluding carboxylic acids is 2. The van der Waals surface area contributed by atoms with Crippen LogP contribution in [-0.4, -0.2) is 54.1 Å². The Balaban J connectivity index is 3.09. The molecular weight excluding hydrogens is 222 g/mol.